The first-order valence-corrected chi connectivity index (χ1v) is 7.71. The zero-order valence-electron chi connectivity index (χ0n) is 11.8. The molecule has 0 saturated carbocycles. The van der Waals surface area contributed by atoms with Crippen molar-refractivity contribution in [1.29, 1.82) is 0 Å². The lowest BCUT2D eigenvalue weighted by Gasteiger charge is -2.03. The minimum absolute atomic E-state index is 0.155. The number of aromatic nitrogens is 1. The fraction of sp³-hybridized carbons (Fsp3) is 0.615. The van der Waals surface area contributed by atoms with Gasteiger partial charge < -0.3 is 10.4 Å². The number of aliphatic carboxylic acids is 1. The highest BCUT2D eigenvalue weighted by atomic mass is 32.1. The van der Waals surface area contributed by atoms with Gasteiger partial charge in [0.25, 0.3) is 5.91 Å². The van der Waals surface area contributed by atoms with Crippen LogP contribution in [0, 0.1) is 0 Å². The smallest absolute Gasteiger partial charge is 0.443 e. The molecule has 1 rings (SSSR count). The number of carboxylic acid groups (broad SMARTS) is 1. The molecule has 0 aliphatic heterocycles. The van der Waals surface area contributed by atoms with Gasteiger partial charge in [-0.1, -0.05) is 19.3 Å². The summed E-state index contributed by atoms with van der Waals surface area (Å²) in [7, 11) is 0. The molecule has 5 nitrogen and oxygen atoms in total. The van der Waals surface area contributed by atoms with E-state index in [-0.39, 0.29) is 12.1 Å². The fourth-order valence-electron chi connectivity index (χ4n) is 1.73. The number of nitrogens with one attached hydrogen (secondary N) is 1. The van der Waals surface area contributed by atoms with Crippen LogP contribution in [0.3, 0.4) is 0 Å². The second-order valence-corrected chi connectivity index (χ2v) is 5.56. The number of amides is 1. The standard InChI is InChI=1S/C13H17F3N2O3S/c14-13(15,16)12-18-9(8-22-12)11(21)17-7-5-3-1-2-4-6-10(19)20/h8H,1-7H2,(H,17,21)(H,19,20). The summed E-state index contributed by atoms with van der Waals surface area (Å²) in [6, 6.07) is 0. The van der Waals surface area contributed by atoms with Crippen LogP contribution in [0.4, 0.5) is 13.2 Å². The molecule has 1 amide bonds. The molecule has 22 heavy (non-hydrogen) atoms. The summed E-state index contributed by atoms with van der Waals surface area (Å²) < 4.78 is 37.0. The molecule has 0 aliphatic rings. The van der Waals surface area contributed by atoms with Gasteiger partial charge in [0, 0.05) is 18.3 Å². The van der Waals surface area contributed by atoms with Crippen LogP contribution in [0.2, 0.25) is 0 Å². The number of carboxylic acids is 1. The van der Waals surface area contributed by atoms with Crippen molar-refractivity contribution < 1.29 is 27.9 Å². The van der Waals surface area contributed by atoms with Crippen molar-refractivity contribution in [2.24, 2.45) is 0 Å². The van der Waals surface area contributed by atoms with Gasteiger partial charge in [0.15, 0.2) is 5.01 Å². The normalized spacial score (nSPS) is 11.4. The summed E-state index contributed by atoms with van der Waals surface area (Å²) in [6.07, 6.45) is -0.568. The van der Waals surface area contributed by atoms with Crippen molar-refractivity contribution in [3.05, 3.63) is 16.1 Å². The van der Waals surface area contributed by atoms with Gasteiger partial charge in [-0.2, -0.15) is 13.2 Å². The number of unbranched alkanes of at least 4 members (excludes halogenated alkanes) is 4. The van der Waals surface area contributed by atoms with E-state index in [1.165, 1.54) is 0 Å². The first kappa shape index (κ1) is 18.4. The highest BCUT2D eigenvalue weighted by Gasteiger charge is 2.35. The van der Waals surface area contributed by atoms with Gasteiger partial charge in [0.05, 0.1) is 0 Å². The summed E-state index contributed by atoms with van der Waals surface area (Å²) in [6.45, 7) is 0.358. The maximum absolute atomic E-state index is 12.3. The van der Waals surface area contributed by atoms with Crippen LogP contribution in [0.15, 0.2) is 5.38 Å². The molecule has 0 unspecified atom stereocenters. The number of nitrogens with zero attached hydrogens (tertiary/aromatic N) is 1. The Kier molecular flexibility index (Phi) is 7.30. The predicted octanol–water partition coefficient (Wildman–Crippen LogP) is 3.32. The fourth-order valence-corrected chi connectivity index (χ4v) is 2.40. The van der Waals surface area contributed by atoms with Gasteiger partial charge in [-0.25, -0.2) is 4.98 Å². The SMILES string of the molecule is O=C(O)CCCCCCCNC(=O)c1csc(C(F)(F)F)n1. The monoisotopic (exact) mass is 338 g/mol. The van der Waals surface area contributed by atoms with E-state index < -0.39 is 23.1 Å². The van der Waals surface area contributed by atoms with Crippen LogP contribution >= 0.6 is 11.3 Å². The van der Waals surface area contributed by atoms with E-state index in [9.17, 15) is 22.8 Å². The third-order valence-electron chi connectivity index (χ3n) is 2.83. The van der Waals surface area contributed by atoms with E-state index in [2.05, 4.69) is 10.3 Å². The van der Waals surface area contributed by atoms with Crippen molar-refractivity contribution in [3.63, 3.8) is 0 Å². The number of carbonyl (C=O) groups is 2. The number of thiazole rings is 1. The summed E-state index contributed by atoms with van der Waals surface area (Å²) >= 11 is 0.395. The van der Waals surface area contributed by atoms with Crippen LogP contribution in [0.1, 0.15) is 54.0 Å². The minimum atomic E-state index is -4.53. The summed E-state index contributed by atoms with van der Waals surface area (Å²) in [4.78, 5) is 25.1. The first-order chi connectivity index (χ1) is 10.3. The highest BCUT2D eigenvalue weighted by Crippen LogP contribution is 2.31. The zero-order chi connectivity index (χ0) is 16.6. The number of carbonyl (C=O) groups excluding carboxylic acids is 1. The van der Waals surface area contributed by atoms with Crippen molar-refractivity contribution >= 4 is 23.2 Å². The van der Waals surface area contributed by atoms with E-state index in [1.807, 2.05) is 0 Å². The van der Waals surface area contributed by atoms with Gasteiger partial charge in [-0.3, -0.25) is 9.59 Å². The average molecular weight is 338 g/mol. The maximum atomic E-state index is 12.3. The largest absolute Gasteiger partial charge is 0.481 e. The van der Waals surface area contributed by atoms with Crippen LogP contribution < -0.4 is 5.32 Å². The molecular formula is C13H17F3N2O3S. The Morgan fingerprint density at radius 3 is 2.41 bits per heavy atom. The lowest BCUT2D eigenvalue weighted by Crippen LogP contribution is -2.25. The molecule has 0 saturated heterocycles. The van der Waals surface area contributed by atoms with Crippen LogP contribution in [0.25, 0.3) is 0 Å². The summed E-state index contributed by atoms with van der Waals surface area (Å²) in [5.74, 6) is -1.42. The molecule has 2 N–H and O–H groups in total. The number of hydrogen-bond acceptors (Lipinski definition) is 4. The molecule has 0 fully saturated rings. The van der Waals surface area contributed by atoms with Crippen LogP contribution in [-0.4, -0.2) is 28.5 Å². The molecule has 0 bridgehead atoms. The second kappa shape index (κ2) is 8.72. The molecule has 124 valence electrons. The lowest BCUT2D eigenvalue weighted by atomic mass is 10.1. The van der Waals surface area contributed by atoms with E-state index >= 15 is 0 Å². The molecule has 0 atom stereocenters. The predicted molar refractivity (Wildman–Crippen MR) is 74.8 cm³/mol. The Morgan fingerprint density at radius 2 is 1.82 bits per heavy atom. The topological polar surface area (TPSA) is 79.3 Å². The Balaban J connectivity index is 2.16. The quantitative estimate of drug-likeness (QED) is 0.677. The van der Waals surface area contributed by atoms with Crippen LogP contribution in [-0.2, 0) is 11.0 Å². The third-order valence-corrected chi connectivity index (χ3v) is 3.72. The third kappa shape index (κ3) is 6.88. The zero-order valence-corrected chi connectivity index (χ0v) is 12.6. The molecule has 1 aromatic rings. The average Bonchev–Trinajstić information content (AvgIpc) is 2.91. The number of halogens is 3. The summed E-state index contributed by atoms with van der Waals surface area (Å²) in [5.41, 5.74) is -0.223. The first-order valence-electron chi connectivity index (χ1n) is 6.83. The van der Waals surface area contributed by atoms with E-state index in [0.29, 0.717) is 30.7 Å². The maximum Gasteiger partial charge on any atom is 0.443 e. The molecular weight excluding hydrogens is 321 g/mol. The van der Waals surface area contributed by atoms with Crippen molar-refractivity contribution in [1.82, 2.24) is 10.3 Å². The number of hydrogen-bond donors (Lipinski definition) is 2. The number of rotatable bonds is 9. The van der Waals surface area contributed by atoms with E-state index in [0.717, 1.165) is 24.6 Å². The molecule has 0 aromatic carbocycles. The van der Waals surface area contributed by atoms with Crippen molar-refractivity contribution in [3.8, 4) is 0 Å². The van der Waals surface area contributed by atoms with E-state index in [4.69, 9.17) is 5.11 Å². The Labute approximate surface area is 129 Å². The minimum Gasteiger partial charge on any atom is -0.481 e. The van der Waals surface area contributed by atoms with Gasteiger partial charge in [0.2, 0.25) is 0 Å². The summed E-state index contributed by atoms with van der Waals surface area (Å²) in [5, 5.41) is 11.0. The molecule has 1 heterocycles. The molecule has 0 aliphatic carbocycles. The lowest BCUT2D eigenvalue weighted by molar-refractivity contribution is -0.138. The van der Waals surface area contributed by atoms with Crippen molar-refractivity contribution in [2.45, 2.75) is 44.7 Å². The molecule has 9 heteroatoms. The Hall–Kier alpha value is -1.64. The van der Waals surface area contributed by atoms with Gasteiger partial charge >= 0.3 is 12.1 Å². The van der Waals surface area contributed by atoms with Crippen molar-refractivity contribution in [2.75, 3.05) is 6.54 Å². The molecule has 0 radical (unpaired) electrons. The Bertz CT molecular complexity index is 503. The van der Waals surface area contributed by atoms with Crippen LogP contribution in [0.5, 0.6) is 0 Å². The van der Waals surface area contributed by atoms with Gasteiger partial charge in [-0.05, 0) is 12.8 Å². The molecule has 0 spiro atoms. The van der Waals surface area contributed by atoms with Gasteiger partial charge in [-0.15, -0.1) is 11.3 Å². The number of alkyl halides is 3. The second-order valence-electron chi connectivity index (χ2n) is 4.70. The van der Waals surface area contributed by atoms with Gasteiger partial charge in [0.1, 0.15) is 5.69 Å². The van der Waals surface area contributed by atoms with E-state index in [1.54, 1.807) is 0 Å². The highest BCUT2D eigenvalue weighted by molar-refractivity contribution is 7.09. The molecule has 1 aromatic heterocycles. The Morgan fingerprint density at radius 1 is 1.18 bits per heavy atom.